The molecule has 8 heteroatoms. The summed E-state index contributed by atoms with van der Waals surface area (Å²) in [5.41, 5.74) is 1.05. The Morgan fingerprint density at radius 1 is 1.40 bits per heavy atom. The Kier molecular flexibility index (Phi) is 5.05. The minimum atomic E-state index is 0.588. The van der Waals surface area contributed by atoms with E-state index < -0.39 is 0 Å². The standard InChI is InChI=1S/C12H19N7S/c1-4-19-8-16-18-10(19)5-14-12(13-3)15-6-11-17-9(2)7-20-11/h7-8H,4-6H2,1-3H3,(H2,13,14,15). The van der Waals surface area contributed by atoms with Gasteiger partial charge in [0.2, 0.25) is 0 Å². The SMILES string of the molecule is CCn1cnnc1CNC(=NC)NCc1nc(C)cs1. The molecule has 2 heterocycles. The molecule has 7 nitrogen and oxygen atoms in total. The van der Waals surface area contributed by atoms with Crippen molar-refractivity contribution < 1.29 is 0 Å². The summed E-state index contributed by atoms with van der Waals surface area (Å²) in [4.78, 5) is 8.58. The molecule has 0 radical (unpaired) electrons. The molecule has 0 unspecified atom stereocenters. The molecular weight excluding hydrogens is 274 g/mol. The summed E-state index contributed by atoms with van der Waals surface area (Å²) in [5, 5.41) is 17.5. The molecule has 0 fully saturated rings. The Morgan fingerprint density at radius 3 is 2.85 bits per heavy atom. The van der Waals surface area contributed by atoms with Crippen molar-refractivity contribution in [2.75, 3.05) is 7.05 Å². The molecule has 20 heavy (non-hydrogen) atoms. The van der Waals surface area contributed by atoms with Gasteiger partial charge in [-0.3, -0.25) is 4.99 Å². The Balaban J connectivity index is 1.84. The summed E-state index contributed by atoms with van der Waals surface area (Å²) < 4.78 is 1.99. The summed E-state index contributed by atoms with van der Waals surface area (Å²) in [5.74, 6) is 1.61. The predicted molar refractivity (Wildman–Crippen MR) is 79.6 cm³/mol. The van der Waals surface area contributed by atoms with E-state index in [-0.39, 0.29) is 0 Å². The summed E-state index contributed by atoms with van der Waals surface area (Å²) in [7, 11) is 1.74. The number of aromatic nitrogens is 4. The maximum atomic E-state index is 4.40. The van der Waals surface area contributed by atoms with E-state index >= 15 is 0 Å². The van der Waals surface area contributed by atoms with Crippen molar-refractivity contribution >= 4 is 17.3 Å². The van der Waals surface area contributed by atoms with Gasteiger partial charge in [-0.05, 0) is 13.8 Å². The van der Waals surface area contributed by atoms with Crippen LogP contribution in [0.25, 0.3) is 0 Å². The first-order valence-corrected chi connectivity index (χ1v) is 7.33. The molecule has 2 aromatic rings. The third-order valence-electron chi connectivity index (χ3n) is 2.75. The molecular formula is C12H19N7S. The summed E-state index contributed by atoms with van der Waals surface area (Å²) >= 11 is 1.64. The van der Waals surface area contributed by atoms with E-state index in [1.165, 1.54) is 0 Å². The number of nitrogens with one attached hydrogen (secondary N) is 2. The van der Waals surface area contributed by atoms with Crippen LogP contribution in [0.2, 0.25) is 0 Å². The predicted octanol–water partition coefficient (Wildman–Crippen LogP) is 0.928. The first kappa shape index (κ1) is 14.4. The van der Waals surface area contributed by atoms with Gasteiger partial charge in [-0.2, -0.15) is 0 Å². The van der Waals surface area contributed by atoms with E-state index in [4.69, 9.17) is 0 Å². The number of hydrogen-bond acceptors (Lipinski definition) is 5. The summed E-state index contributed by atoms with van der Waals surface area (Å²) in [6.07, 6.45) is 1.73. The van der Waals surface area contributed by atoms with Crippen LogP contribution in [0, 0.1) is 6.92 Å². The van der Waals surface area contributed by atoms with Crippen LogP contribution in [0.5, 0.6) is 0 Å². The summed E-state index contributed by atoms with van der Waals surface area (Å²) in [6.45, 7) is 6.16. The molecule has 0 aromatic carbocycles. The second-order valence-electron chi connectivity index (χ2n) is 4.20. The van der Waals surface area contributed by atoms with Gasteiger partial charge < -0.3 is 15.2 Å². The van der Waals surface area contributed by atoms with Gasteiger partial charge >= 0.3 is 0 Å². The minimum Gasteiger partial charge on any atom is -0.350 e. The van der Waals surface area contributed by atoms with Crippen molar-refractivity contribution in [3.05, 3.63) is 28.2 Å². The van der Waals surface area contributed by atoms with Crippen LogP contribution >= 0.6 is 11.3 Å². The average molecular weight is 293 g/mol. The number of guanidine groups is 1. The highest BCUT2D eigenvalue weighted by molar-refractivity contribution is 7.09. The van der Waals surface area contributed by atoms with Crippen LogP contribution in [0.1, 0.15) is 23.4 Å². The second kappa shape index (κ2) is 6.99. The minimum absolute atomic E-state index is 0.588. The van der Waals surface area contributed by atoms with Gasteiger partial charge in [0, 0.05) is 24.7 Å². The fraction of sp³-hybridized carbons (Fsp3) is 0.500. The third kappa shape index (κ3) is 3.77. The molecule has 0 amide bonds. The lowest BCUT2D eigenvalue weighted by molar-refractivity contribution is 0.669. The van der Waals surface area contributed by atoms with Gasteiger partial charge in [0.25, 0.3) is 0 Å². The Morgan fingerprint density at radius 2 is 2.20 bits per heavy atom. The topological polar surface area (TPSA) is 80.0 Å². The molecule has 108 valence electrons. The van der Waals surface area contributed by atoms with Gasteiger partial charge in [0.1, 0.15) is 11.3 Å². The fourth-order valence-corrected chi connectivity index (χ4v) is 2.42. The monoisotopic (exact) mass is 293 g/mol. The Hall–Kier alpha value is -1.96. The Labute approximate surface area is 122 Å². The smallest absolute Gasteiger partial charge is 0.191 e. The zero-order valence-corrected chi connectivity index (χ0v) is 12.7. The zero-order chi connectivity index (χ0) is 14.4. The zero-order valence-electron chi connectivity index (χ0n) is 11.9. The quantitative estimate of drug-likeness (QED) is 0.633. The van der Waals surface area contributed by atoms with Gasteiger partial charge in [-0.25, -0.2) is 4.98 Å². The van der Waals surface area contributed by atoms with E-state index in [2.05, 4.69) is 37.7 Å². The van der Waals surface area contributed by atoms with Crippen molar-refractivity contribution in [1.82, 2.24) is 30.4 Å². The maximum Gasteiger partial charge on any atom is 0.191 e. The Bertz CT molecular complexity index is 572. The lowest BCUT2D eigenvalue weighted by Crippen LogP contribution is -2.37. The maximum absolute atomic E-state index is 4.40. The number of nitrogens with zero attached hydrogens (tertiary/aromatic N) is 5. The molecule has 0 bridgehead atoms. The molecule has 0 aliphatic carbocycles. The molecule has 2 N–H and O–H groups in total. The van der Waals surface area contributed by atoms with Crippen LogP contribution in [-0.4, -0.2) is 32.8 Å². The fourth-order valence-electron chi connectivity index (χ4n) is 1.71. The van der Waals surface area contributed by atoms with Crippen LogP contribution in [0.3, 0.4) is 0 Å². The van der Waals surface area contributed by atoms with E-state index in [0.29, 0.717) is 13.1 Å². The second-order valence-corrected chi connectivity index (χ2v) is 5.14. The highest BCUT2D eigenvalue weighted by atomic mass is 32.1. The van der Waals surface area contributed by atoms with Gasteiger partial charge in [-0.1, -0.05) is 0 Å². The normalized spacial score (nSPS) is 11.7. The number of rotatable bonds is 5. The molecule has 0 aliphatic heterocycles. The molecule has 0 spiro atoms. The highest BCUT2D eigenvalue weighted by Crippen LogP contribution is 2.07. The third-order valence-corrected chi connectivity index (χ3v) is 3.71. The highest BCUT2D eigenvalue weighted by Gasteiger charge is 2.05. The van der Waals surface area contributed by atoms with E-state index in [1.807, 2.05) is 16.9 Å². The van der Waals surface area contributed by atoms with Crippen LogP contribution < -0.4 is 10.6 Å². The number of aryl methyl sites for hydroxylation is 2. The van der Waals surface area contributed by atoms with Crippen molar-refractivity contribution in [2.45, 2.75) is 33.5 Å². The van der Waals surface area contributed by atoms with Gasteiger partial charge in [0.15, 0.2) is 11.8 Å². The molecule has 0 aliphatic rings. The van der Waals surface area contributed by atoms with Crippen molar-refractivity contribution in [2.24, 2.45) is 4.99 Å². The summed E-state index contributed by atoms with van der Waals surface area (Å²) in [6, 6.07) is 0. The van der Waals surface area contributed by atoms with Crippen molar-refractivity contribution in [3.8, 4) is 0 Å². The van der Waals surface area contributed by atoms with Crippen LogP contribution in [0.15, 0.2) is 16.7 Å². The number of hydrogen-bond donors (Lipinski definition) is 2. The molecule has 2 aromatic heterocycles. The van der Waals surface area contributed by atoms with E-state index in [0.717, 1.165) is 29.0 Å². The molecule has 2 rings (SSSR count). The van der Waals surface area contributed by atoms with Gasteiger partial charge in [0.05, 0.1) is 13.1 Å². The van der Waals surface area contributed by atoms with Crippen molar-refractivity contribution in [3.63, 3.8) is 0 Å². The molecule has 0 saturated carbocycles. The largest absolute Gasteiger partial charge is 0.350 e. The number of thiazole rings is 1. The van der Waals surface area contributed by atoms with Crippen LogP contribution in [-0.2, 0) is 19.6 Å². The lowest BCUT2D eigenvalue weighted by atomic mass is 10.5. The first-order valence-electron chi connectivity index (χ1n) is 6.45. The number of aliphatic imine (C=N–C) groups is 1. The average Bonchev–Trinajstić information content (AvgIpc) is 3.07. The van der Waals surface area contributed by atoms with Crippen LogP contribution in [0.4, 0.5) is 0 Å². The lowest BCUT2D eigenvalue weighted by Gasteiger charge is -2.10. The first-order chi connectivity index (χ1) is 9.72. The van der Waals surface area contributed by atoms with Crippen molar-refractivity contribution in [1.29, 1.82) is 0 Å². The van der Waals surface area contributed by atoms with Gasteiger partial charge in [-0.15, -0.1) is 21.5 Å². The van der Waals surface area contributed by atoms with E-state index in [9.17, 15) is 0 Å². The molecule has 0 saturated heterocycles. The van der Waals surface area contributed by atoms with E-state index in [1.54, 1.807) is 24.7 Å². The molecule has 0 atom stereocenters.